The van der Waals surface area contributed by atoms with Crippen LogP contribution in [0.3, 0.4) is 0 Å². The molecular formula is C13H25N3O2. The van der Waals surface area contributed by atoms with Gasteiger partial charge >= 0.3 is 0 Å². The Balaban J connectivity index is 2.31. The molecule has 0 radical (unpaired) electrons. The second-order valence-electron chi connectivity index (χ2n) is 4.98. The second-order valence-corrected chi connectivity index (χ2v) is 4.98. The molecule has 0 aromatic carbocycles. The first-order valence-electron chi connectivity index (χ1n) is 6.86. The minimum absolute atomic E-state index is 0.0388. The number of hydrogen-bond acceptors (Lipinski definition) is 3. The zero-order valence-corrected chi connectivity index (χ0v) is 11.7. The van der Waals surface area contributed by atoms with Gasteiger partial charge < -0.3 is 15.5 Å². The van der Waals surface area contributed by atoms with Crippen molar-refractivity contribution in [1.82, 2.24) is 15.5 Å². The Labute approximate surface area is 109 Å². The van der Waals surface area contributed by atoms with E-state index in [1.807, 2.05) is 18.7 Å². The topological polar surface area (TPSA) is 61.4 Å². The number of likely N-dealkylation sites (tertiary alicyclic amines) is 1. The van der Waals surface area contributed by atoms with E-state index in [0.717, 1.165) is 32.5 Å². The molecule has 0 aliphatic carbocycles. The molecule has 104 valence electrons. The second kappa shape index (κ2) is 7.36. The Hall–Kier alpha value is -1.10. The molecule has 2 N–H and O–H groups in total. The van der Waals surface area contributed by atoms with E-state index in [-0.39, 0.29) is 17.9 Å². The van der Waals surface area contributed by atoms with Crippen molar-refractivity contribution < 1.29 is 9.59 Å². The summed E-state index contributed by atoms with van der Waals surface area (Å²) in [5.74, 6) is -0.0274. The van der Waals surface area contributed by atoms with Gasteiger partial charge in [0.2, 0.25) is 11.8 Å². The van der Waals surface area contributed by atoms with Crippen molar-refractivity contribution >= 4 is 11.8 Å². The lowest BCUT2D eigenvalue weighted by Gasteiger charge is -2.21. The molecule has 1 fully saturated rings. The first-order chi connectivity index (χ1) is 8.54. The average molecular weight is 255 g/mol. The monoisotopic (exact) mass is 255 g/mol. The standard InChI is InChI=1S/C13H25N3O2/c1-4-14-10(2)9-12(17)15-11(3)13(18)16-7-5-6-8-16/h10-11,14H,4-9H2,1-3H3,(H,15,17). The van der Waals surface area contributed by atoms with Gasteiger partial charge in [-0.05, 0) is 33.2 Å². The smallest absolute Gasteiger partial charge is 0.244 e. The van der Waals surface area contributed by atoms with Gasteiger partial charge in [-0.15, -0.1) is 0 Å². The van der Waals surface area contributed by atoms with Gasteiger partial charge in [0.1, 0.15) is 6.04 Å². The maximum absolute atomic E-state index is 12.0. The van der Waals surface area contributed by atoms with Crippen molar-refractivity contribution in [1.29, 1.82) is 0 Å². The fraction of sp³-hybridized carbons (Fsp3) is 0.846. The van der Waals surface area contributed by atoms with Crippen LogP contribution in [-0.4, -0.2) is 48.4 Å². The fourth-order valence-corrected chi connectivity index (χ4v) is 2.27. The molecule has 1 heterocycles. The number of amides is 2. The molecule has 18 heavy (non-hydrogen) atoms. The first-order valence-corrected chi connectivity index (χ1v) is 6.86. The first kappa shape index (κ1) is 15.0. The molecule has 0 aromatic rings. The van der Waals surface area contributed by atoms with Crippen LogP contribution >= 0.6 is 0 Å². The molecule has 1 saturated heterocycles. The Morgan fingerprint density at radius 2 is 1.83 bits per heavy atom. The van der Waals surface area contributed by atoms with Crippen LogP contribution in [0.15, 0.2) is 0 Å². The molecule has 2 amide bonds. The van der Waals surface area contributed by atoms with E-state index in [4.69, 9.17) is 0 Å². The van der Waals surface area contributed by atoms with Gasteiger partial charge in [-0.3, -0.25) is 9.59 Å². The van der Waals surface area contributed by atoms with Crippen molar-refractivity contribution in [3.63, 3.8) is 0 Å². The zero-order chi connectivity index (χ0) is 13.5. The molecular weight excluding hydrogens is 230 g/mol. The summed E-state index contributed by atoms with van der Waals surface area (Å²) in [6, 6.07) is -0.270. The van der Waals surface area contributed by atoms with Crippen LogP contribution in [-0.2, 0) is 9.59 Å². The number of carbonyl (C=O) groups excluding carboxylic acids is 2. The van der Waals surface area contributed by atoms with E-state index in [1.165, 1.54) is 0 Å². The molecule has 5 heteroatoms. The summed E-state index contributed by atoms with van der Waals surface area (Å²) in [6.45, 7) is 8.23. The van der Waals surface area contributed by atoms with Crippen LogP contribution in [0, 0.1) is 0 Å². The Kier molecular flexibility index (Phi) is 6.12. The number of hydrogen-bond donors (Lipinski definition) is 2. The molecule has 2 atom stereocenters. The third kappa shape index (κ3) is 4.64. The quantitative estimate of drug-likeness (QED) is 0.726. The maximum Gasteiger partial charge on any atom is 0.244 e. The summed E-state index contributed by atoms with van der Waals surface area (Å²) >= 11 is 0. The highest BCUT2D eigenvalue weighted by molar-refractivity contribution is 5.87. The fourth-order valence-electron chi connectivity index (χ4n) is 2.27. The van der Waals surface area contributed by atoms with Crippen molar-refractivity contribution in [3.8, 4) is 0 Å². The number of rotatable bonds is 6. The van der Waals surface area contributed by atoms with Crippen LogP contribution in [0.25, 0.3) is 0 Å². The third-order valence-electron chi connectivity index (χ3n) is 3.21. The summed E-state index contributed by atoms with van der Waals surface area (Å²) in [4.78, 5) is 25.6. The molecule has 5 nitrogen and oxygen atoms in total. The predicted octanol–water partition coefficient (Wildman–Crippen LogP) is 0.502. The molecule has 0 spiro atoms. The predicted molar refractivity (Wildman–Crippen MR) is 71.2 cm³/mol. The van der Waals surface area contributed by atoms with Crippen LogP contribution in [0.1, 0.15) is 40.0 Å². The van der Waals surface area contributed by atoms with Gasteiger partial charge in [0.05, 0.1) is 0 Å². The maximum atomic E-state index is 12.0. The number of carbonyl (C=O) groups is 2. The van der Waals surface area contributed by atoms with Crippen LogP contribution in [0.2, 0.25) is 0 Å². The van der Waals surface area contributed by atoms with E-state index >= 15 is 0 Å². The van der Waals surface area contributed by atoms with Crippen LogP contribution in [0.5, 0.6) is 0 Å². The lowest BCUT2D eigenvalue weighted by Crippen LogP contribution is -2.47. The van der Waals surface area contributed by atoms with Crippen LogP contribution in [0.4, 0.5) is 0 Å². The van der Waals surface area contributed by atoms with Crippen LogP contribution < -0.4 is 10.6 Å². The highest BCUT2D eigenvalue weighted by Gasteiger charge is 2.24. The van der Waals surface area contributed by atoms with E-state index in [2.05, 4.69) is 10.6 Å². The molecule has 0 bridgehead atoms. The molecule has 0 saturated carbocycles. The SMILES string of the molecule is CCNC(C)CC(=O)NC(C)C(=O)N1CCCC1. The van der Waals surface area contributed by atoms with Gasteiger partial charge in [-0.1, -0.05) is 6.92 Å². The van der Waals surface area contributed by atoms with Crippen molar-refractivity contribution in [2.75, 3.05) is 19.6 Å². The van der Waals surface area contributed by atoms with Gasteiger partial charge in [0, 0.05) is 25.6 Å². The summed E-state index contributed by atoms with van der Waals surface area (Å²) in [7, 11) is 0. The van der Waals surface area contributed by atoms with Gasteiger partial charge in [-0.25, -0.2) is 0 Å². The normalized spacial score (nSPS) is 18.5. The summed E-state index contributed by atoms with van der Waals surface area (Å²) in [6.07, 6.45) is 2.55. The van der Waals surface area contributed by atoms with Crippen molar-refractivity contribution in [3.05, 3.63) is 0 Å². The zero-order valence-electron chi connectivity index (χ0n) is 11.7. The van der Waals surface area contributed by atoms with E-state index in [0.29, 0.717) is 6.42 Å². The third-order valence-corrected chi connectivity index (χ3v) is 3.21. The minimum atomic E-state index is -0.413. The number of nitrogens with zero attached hydrogens (tertiary/aromatic N) is 1. The van der Waals surface area contributed by atoms with Gasteiger partial charge in [0.15, 0.2) is 0 Å². The molecule has 0 aromatic heterocycles. The van der Waals surface area contributed by atoms with E-state index in [9.17, 15) is 9.59 Å². The van der Waals surface area contributed by atoms with Crippen molar-refractivity contribution in [2.24, 2.45) is 0 Å². The van der Waals surface area contributed by atoms with E-state index in [1.54, 1.807) is 6.92 Å². The summed E-state index contributed by atoms with van der Waals surface area (Å²) in [5.41, 5.74) is 0. The Morgan fingerprint density at radius 3 is 2.39 bits per heavy atom. The van der Waals surface area contributed by atoms with E-state index < -0.39 is 6.04 Å². The highest BCUT2D eigenvalue weighted by atomic mass is 16.2. The summed E-state index contributed by atoms with van der Waals surface area (Å²) < 4.78 is 0. The molecule has 1 aliphatic heterocycles. The molecule has 2 unspecified atom stereocenters. The summed E-state index contributed by atoms with van der Waals surface area (Å²) in [5, 5.41) is 5.95. The highest BCUT2D eigenvalue weighted by Crippen LogP contribution is 2.09. The largest absolute Gasteiger partial charge is 0.345 e. The molecule has 1 rings (SSSR count). The minimum Gasteiger partial charge on any atom is -0.345 e. The van der Waals surface area contributed by atoms with Gasteiger partial charge in [-0.2, -0.15) is 0 Å². The molecule has 1 aliphatic rings. The number of nitrogens with one attached hydrogen (secondary N) is 2. The lowest BCUT2D eigenvalue weighted by atomic mass is 10.2. The van der Waals surface area contributed by atoms with Crippen molar-refractivity contribution in [2.45, 2.75) is 52.1 Å². The Bertz CT molecular complexity index is 288. The average Bonchev–Trinajstić information content (AvgIpc) is 2.81. The lowest BCUT2D eigenvalue weighted by molar-refractivity contribution is -0.135. The van der Waals surface area contributed by atoms with Gasteiger partial charge in [0.25, 0.3) is 0 Å². The Morgan fingerprint density at radius 1 is 1.22 bits per heavy atom.